The molecule has 25 heavy (non-hydrogen) atoms. The first-order chi connectivity index (χ1) is 12.2. The van der Waals surface area contributed by atoms with Crippen molar-refractivity contribution in [1.82, 2.24) is 20.8 Å². The van der Waals surface area contributed by atoms with Crippen molar-refractivity contribution in [3.63, 3.8) is 0 Å². The van der Waals surface area contributed by atoms with E-state index in [0.717, 1.165) is 13.1 Å². The molecule has 0 spiro atoms. The Kier molecular flexibility index (Phi) is 3.81. The molecule has 1 unspecified atom stereocenters. The number of hydrogen-bond donors (Lipinski definition) is 3. The van der Waals surface area contributed by atoms with Crippen molar-refractivity contribution in [3.05, 3.63) is 53.9 Å². The summed E-state index contributed by atoms with van der Waals surface area (Å²) in [6.07, 6.45) is 2.76. The minimum absolute atomic E-state index is 0.0397. The van der Waals surface area contributed by atoms with Crippen LogP contribution in [0.15, 0.2) is 42.7 Å². The zero-order valence-corrected chi connectivity index (χ0v) is 13.3. The molecule has 1 saturated heterocycles. The Morgan fingerprint density at radius 2 is 1.64 bits per heavy atom. The third kappa shape index (κ3) is 2.91. The van der Waals surface area contributed by atoms with Gasteiger partial charge < -0.3 is 10.2 Å². The van der Waals surface area contributed by atoms with Gasteiger partial charge in [-0.25, -0.2) is 15.4 Å². The van der Waals surface area contributed by atoms with E-state index in [0.29, 0.717) is 23.3 Å². The number of fused-ring (bicyclic) bond motifs is 1. The fourth-order valence-corrected chi connectivity index (χ4v) is 3.39. The maximum Gasteiger partial charge on any atom is 0.277 e. The van der Waals surface area contributed by atoms with Gasteiger partial charge in [-0.15, -0.1) is 0 Å². The molecular formula is C17H17N5O3. The van der Waals surface area contributed by atoms with Gasteiger partial charge in [0.15, 0.2) is 0 Å². The lowest BCUT2D eigenvalue weighted by Crippen LogP contribution is -2.35. The second-order valence-corrected chi connectivity index (χ2v) is 6.31. The fraction of sp³-hybridized carbons (Fsp3) is 0.294. The highest BCUT2D eigenvalue weighted by Crippen LogP contribution is 2.46. The lowest BCUT2D eigenvalue weighted by atomic mass is 10.2. The number of piperidine rings is 1. The molecule has 1 saturated carbocycles. The van der Waals surface area contributed by atoms with Gasteiger partial charge in [0, 0.05) is 48.9 Å². The molecule has 1 aromatic heterocycles. The predicted octanol–water partition coefficient (Wildman–Crippen LogP) is 0.460. The average molecular weight is 339 g/mol. The van der Waals surface area contributed by atoms with E-state index in [9.17, 15) is 9.59 Å². The summed E-state index contributed by atoms with van der Waals surface area (Å²) in [4.78, 5) is 33.9. The number of carbonyl (C=O) groups excluding carboxylic acids is 2. The van der Waals surface area contributed by atoms with E-state index in [-0.39, 0.29) is 17.5 Å². The van der Waals surface area contributed by atoms with Crippen LogP contribution in [-0.4, -0.2) is 46.1 Å². The highest BCUT2D eigenvalue weighted by molar-refractivity contribution is 5.94. The Balaban J connectivity index is 1.33. The number of aromatic nitrogens is 2. The largest absolute Gasteiger partial charge is 0.349 e. The van der Waals surface area contributed by atoms with E-state index >= 15 is 0 Å². The Morgan fingerprint density at radius 1 is 1.00 bits per heavy atom. The third-order valence-corrected chi connectivity index (χ3v) is 4.81. The van der Waals surface area contributed by atoms with E-state index in [1.165, 1.54) is 12.4 Å². The second-order valence-electron chi connectivity index (χ2n) is 6.31. The summed E-state index contributed by atoms with van der Waals surface area (Å²) in [6, 6.07) is 9.39. The minimum atomic E-state index is -0.639. The van der Waals surface area contributed by atoms with E-state index in [1.54, 1.807) is 17.6 Å². The summed E-state index contributed by atoms with van der Waals surface area (Å²) >= 11 is 0. The summed E-state index contributed by atoms with van der Waals surface area (Å²) < 4.78 is 0. The summed E-state index contributed by atoms with van der Waals surface area (Å²) in [5, 5.41) is 11.7. The van der Waals surface area contributed by atoms with Crippen LogP contribution in [0.2, 0.25) is 0 Å². The van der Waals surface area contributed by atoms with Crippen LogP contribution in [0.25, 0.3) is 0 Å². The number of anilines is 1. The molecule has 3 atom stereocenters. The van der Waals surface area contributed by atoms with E-state index < -0.39 is 5.91 Å². The molecule has 2 aliphatic rings. The van der Waals surface area contributed by atoms with Gasteiger partial charge in [0.05, 0.1) is 5.56 Å². The first-order valence-electron chi connectivity index (χ1n) is 8.04. The molecule has 0 radical (unpaired) electrons. The number of hydroxylamine groups is 1. The zero-order valence-electron chi connectivity index (χ0n) is 13.3. The van der Waals surface area contributed by atoms with Crippen LogP contribution in [0.5, 0.6) is 0 Å². The van der Waals surface area contributed by atoms with Gasteiger partial charge in [0.1, 0.15) is 0 Å². The van der Waals surface area contributed by atoms with Crippen LogP contribution in [0.3, 0.4) is 0 Å². The molecule has 0 bridgehead atoms. The minimum Gasteiger partial charge on any atom is -0.349 e. The monoisotopic (exact) mass is 339 g/mol. The highest BCUT2D eigenvalue weighted by atomic mass is 16.5. The lowest BCUT2D eigenvalue weighted by Gasteiger charge is -2.20. The van der Waals surface area contributed by atoms with Gasteiger partial charge in [-0.05, 0) is 12.1 Å². The van der Waals surface area contributed by atoms with Crippen molar-refractivity contribution >= 4 is 17.8 Å². The highest BCUT2D eigenvalue weighted by Gasteiger charge is 2.57. The Hall–Kier alpha value is -3.00. The van der Waals surface area contributed by atoms with E-state index in [1.807, 2.05) is 23.1 Å². The molecule has 2 fully saturated rings. The van der Waals surface area contributed by atoms with Crippen LogP contribution in [0.4, 0.5) is 5.95 Å². The number of amides is 2. The van der Waals surface area contributed by atoms with Crippen molar-refractivity contribution in [2.75, 3.05) is 18.0 Å². The lowest BCUT2D eigenvalue weighted by molar-refractivity contribution is 0.0705. The smallest absolute Gasteiger partial charge is 0.277 e. The standard InChI is InChI=1S/C17H17N5O3/c23-15(10-4-2-1-3-5-10)20-14-12-8-22(9-13(12)14)17-18-6-11(7-19-17)16(24)21-25/h1-7,12-14,25H,8-9H2,(H,20,23)(H,21,24)/t12-,13+,14?. The SMILES string of the molecule is O=C(NO)c1cnc(N2C[C@@H]3C(NC(=O)c4ccccc4)[C@@H]3C2)nc1. The van der Waals surface area contributed by atoms with Crippen LogP contribution in [0.1, 0.15) is 20.7 Å². The van der Waals surface area contributed by atoms with Crippen molar-refractivity contribution in [1.29, 1.82) is 0 Å². The molecule has 2 aromatic rings. The Morgan fingerprint density at radius 3 is 2.24 bits per heavy atom. The maximum absolute atomic E-state index is 12.2. The van der Waals surface area contributed by atoms with Gasteiger partial charge in [0.2, 0.25) is 5.95 Å². The molecular weight excluding hydrogens is 322 g/mol. The van der Waals surface area contributed by atoms with Gasteiger partial charge >= 0.3 is 0 Å². The molecule has 3 N–H and O–H groups in total. The summed E-state index contributed by atoms with van der Waals surface area (Å²) in [6.45, 7) is 1.55. The molecule has 128 valence electrons. The number of rotatable bonds is 4. The van der Waals surface area contributed by atoms with Crippen molar-refractivity contribution in [2.24, 2.45) is 11.8 Å². The van der Waals surface area contributed by atoms with Crippen molar-refractivity contribution < 1.29 is 14.8 Å². The first kappa shape index (κ1) is 15.5. The predicted molar refractivity (Wildman–Crippen MR) is 88.2 cm³/mol. The van der Waals surface area contributed by atoms with Crippen molar-refractivity contribution in [3.8, 4) is 0 Å². The van der Waals surface area contributed by atoms with Gasteiger partial charge in [-0.2, -0.15) is 0 Å². The topological polar surface area (TPSA) is 107 Å². The molecule has 8 nitrogen and oxygen atoms in total. The summed E-state index contributed by atoms with van der Waals surface area (Å²) in [5.41, 5.74) is 2.42. The molecule has 1 aromatic carbocycles. The number of hydrogen-bond acceptors (Lipinski definition) is 6. The van der Waals surface area contributed by atoms with Gasteiger partial charge in [0.25, 0.3) is 11.8 Å². The number of benzene rings is 1. The number of nitrogens with zero attached hydrogens (tertiary/aromatic N) is 3. The normalized spacial score (nSPS) is 23.7. The molecule has 2 amide bonds. The average Bonchev–Trinajstić information content (AvgIpc) is 3.10. The van der Waals surface area contributed by atoms with Crippen LogP contribution >= 0.6 is 0 Å². The van der Waals surface area contributed by atoms with Gasteiger partial charge in [-0.1, -0.05) is 18.2 Å². The Bertz CT molecular complexity index is 784. The second kappa shape index (κ2) is 6.14. The quantitative estimate of drug-likeness (QED) is 0.552. The van der Waals surface area contributed by atoms with E-state index in [4.69, 9.17) is 5.21 Å². The fourth-order valence-electron chi connectivity index (χ4n) is 3.39. The van der Waals surface area contributed by atoms with Crippen LogP contribution < -0.4 is 15.7 Å². The zero-order chi connectivity index (χ0) is 17.4. The summed E-state index contributed by atoms with van der Waals surface area (Å²) in [7, 11) is 0. The molecule has 1 aliphatic heterocycles. The maximum atomic E-state index is 12.2. The third-order valence-electron chi connectivity index (χ3n) is 4.81. The van der Waals surface area contributed by atoms with Crippen molar-refractivity contribution in [2.45, 2.75) is 6.04 Å². The number of nitrogens with one attached hydrogen (secondary N) is 2. The van der Waals surface area contributed by atoms with E-state index in [2.05, 4.69) is 15.3 Å². The van der Waals surface area contributed by atoms with Gasteiger partial charge in [-0.3, -0.25) is 14.8 Å². The molecule has 1 aliphatic carbocycles. The molecule has 4 rings (SSSR count). The molecule has 2 heterocycles. The summed E-state index contributed by atoms with van der Waals surface area (Å²) in [5.74, 6) is 0.671. The first-order valence-corrected chi connectivity index (χ1v) is 8.04. The van der Waals surface area contributed by atoms with Crippen LogP contribution in [-0.2, 0) is 0 Å². The number of carbonyl (C=O) groups is 2. The molecule has 8 heteroatoms. The Labute approximate surface area is 143 Å². The van der Waals surface area contributed by atoms with Crippen LogP contribution in [0, 0.1) is 11.8 Å².